The molecule has 36 heavy (non-hydrogen) atoms. The molecule has 0 radical (unpaired) electrons. The number of allylic oxidation sites excluding steroid dienone is 3. The second-order valence-corrected chi connectivity index (χ2v) is 9.46. The summed E-state index contributed by atoms with van der Waals surface area (Å²) in [6, 6.07) is 18.3. The minimum atomic E-state index is -0.817. The Bertz CT molecular complexity index is 1250. The molecule has 1 heterocycles. The van der Waals surface area contributed by atoms with Crippen LogP contribution in [0.4, 0.5) is 11.4 Å². The van der Waals surface area contributed by atoms with Crippen molar-refractivity contribution in [3.63, 3.8) is 0 Å². The Hall–Kier alpha value is -3.43. The predicted molar refractivity (Wildman–Crippen MR) is 143 cm³/mol. The summed E-state index contributed by atoms with van der Waals surface area (Å²) in [6.45, 7) is 2.32. The molecule has 1 aliphatic rings. The molecule has 0 spiro atoms. The summed E-state index contributed by atoms with van der Waals surface area (Å²) in [4.78, 5) is 9.80. The number of aliphatic hydroxyl groups is 3. The van der Waals surface area contributed by atoms with Crippen molar-refractivity contribution in [3.8, 4) is 0 Å². The summed E-state index contributed by atoms with van der Waals surface area (Å²) < 4.78 is 0. The fraction of sp³-hybridized carbons (Fsp3) is 0.214. The third kappa shape index (κ3) is 7.29. The number of anilines is 2. The van der Waals surface area contributed by atoms with E-state index in [2.05, 4.69) is 32.7 Å². The van der Waals surface area contributed by atoms with Crippen molar-refractivity contribution in [1.82, 2.24) is 15.3 Å². The van der Waals surface area contributed by atoms with Crippen LogP contribution in [0.15, 0.2) is 106 Å². The molecule has 5 N–H and O–H groups in total. The van der Waals surface area contributed by atoms with Crippen LogP contribution >= 0.6 is 11.8 Å². The smallest absolute Gasteiger partial charge is 0.192 e. The molecule has 1 aromatic heterocycles. The molecule has 1 unspecified atom stereocenters. The van der Waals surface area contributed by atoms with Crippen LogP contribution in [0.3, 0.4) is 0 Å². The molecule has 0 aliphatic heterocycles. The zero-order chi connectivity index (χ0) is 25.3. The molecule has 1 atom stereocenters. The number of nitrogens with zero attached hydrogens (tertiary/aromatic N) is 2. The van der Waals surface area contributed by atoms with Crippen LogP contribution in [-0.4, -0.2) is 44.7 Å². The second kappa shape index (κ2) is 12.5. The molecule has 1 aliphatic carbocycles. The van der Waals surface area contributed by atoms with Gasteiger partial charge in [-0.15, -0.1) is 0 Å². The lowest BCUT2D eigenvalue weighted by molar-refractivity contribution is 0.171. The van der Waals surface area contributed by atoms with Gasteiger partial charge in [0.05, 0.1) is 6.61 Å². The maximum absolute atomic E-state index is 10.4. The summed E-state index contributed by atoms with van der Waals surface area (Å²) in [7, 11) is 0. The van der Waals surface area contributed by atoms with Gasteiger partial charge in [-0.25, -0.2) is 9.97 Å². The molecule has 2 aromatic carbocycles. The maximum Gasteiger partial charge on any atom is 0.192 e. The number of hydrogen-bond acceptors (Lipinski definition) is 8. The Morgan fingerprint density at radius 3 is 2.42 bits per heavy atom. The number of aryl methyl sites for hydroxylation is 1. The quantitative estimate of drug-likeness (QED) is 0.198. The summed E-state index contributed by atoms with van der Waals surface area (Å²) in [5, 5.41) is 36.8. The van der Waals surface area contributed by atoms with Crippen LogP contribution in [0, 0.1) is 6.92 Å². The zero-order valence-corrected chi connectivity index (χ0v) is 20.9. The highest BCUT2D eigenvalue weighted by molar-refractivity contribution is 7.99. The van der Waals surface area contributed by atoms with E-state index in [1.807, 2.05) is 49.4 Å². The lowest BCUT2D eigenvalue weighted by atomic mass is 10.1. The van der Waals surface area contributed by atoms with E-state index in [4.69, 9.17) is 0 Å². The highest BCUT2D eigenvalue weighted by Crippen LogP contribution is 2.27. The van der Waals surface area contributed by atoms with Crippen molar-refractivity contribution in [2.45, 2.75) is 36.0 Å². The molecular weight excluding hydrogens is 472 g/mol. The van der Waals surface area contributed by atoms with E-state index < -0.39 is 6.23 Å². The molecule has 3 aromatic rings. The molecule has 0 fully saturated rings. The van der Waals surface area contributed by atoms with Gasteiger partial charge in [0.2, 0.25) is 0 Å². The van der Waals surface area contributed by atoms with E-state index >= 15 is 0 Å². The highest BCUT2D eigenvalue weighted by Gasteiger charge is 2.13. The molecule has 7 nitrogen and oxygen atoms in total. The molecule has 0 bridgehead atoms. The van der Waals surface area contributed by atoms with Crippen LogP contribution in [0.25, 0.3) is 0 Å². The number of aliphatic hydroxyl groups excluding tert-OH is 3. The number of rotatable bonds is 10. The van der Waals surface area contributed by atoms with Gasteiger partial charge in [0.1, 0.15) is 12.0 Å². The summed E-state index contributed by atoms with van der Waals surface area (Å²) in [5.74, 6) is 0.0279. The third-order valence-corrected chi connectivity index (χ3v) is 6.61. The van der Waals surface area contributed by atoms with E-state index in [0.29, 0.717) is 18.5 Å². The van der Waals surface area contributed by atoms with E-state index in [9.17, 15) is 15.3 Å². The van der Waals surface area contributed by atoms with Gasteiger partial charge in [-0.2, -0.15) is 0 Å². The molecule has 0 saturated carbocycles. The lowest BCUT2D eigenvalue weighted by Crippen LogP contribution is -2.32. The topological polar surface area (TPSA) is 111 Å². The minimum absolute atomic E-state index is 0.0279. The van der Waals surface area contributed by atoms with Crippen molar-refractivity contribution in [2.24, 2.45) is 0 Å². The van der Waals surface area contributed by atoms with Gasteiger partial charge >= 0.3 is 0 Å². The Balaban J connectivity index is 1.24. The van der Waals surface area contributed by atoms with E-state index in [0.717, 1.165) is 44.7 Å². The van der Waals surface area contributed by atoms with Gasteiger partial charge in [0.15, 0.2) is 5.16 Å². The van der Waals surface area contributed by atoms with Crippen LogP contribution < -0.4 is 10.6 Å². The standard InChI is InChI=1S/C28H30N4O3S/c1-19-14-16-30-28(31-19)36-25-11-9-24(10-12-25)32-23-7-2-20(3-8-23)15-17-29-27(35)21-4-5-22(18-33)26(34)13-6-21/h2-3,5-14,16,27,29,32-35H,4,15,17-18H2,1H3. The monoisotopic (exact) mass is 502 g/mol. The van der Waals surface area contributed by atoms with E-state index in [1.54, 1.807) is 18.3 Å². The first-order valence-electron chi connectivity index (χ1n) is 11.7. The van der Waals surface area contributed by atoms with Crippen molar-refractivity contribution in [1.29, 1.82) is 0 Å². The number of aromatic nitrogens is 2. The van der Waals surface area contributed by atoms with Crippen LogP contribution in [-0.2, 0) is 6.42 Å². The Kier molecular flexibility index (Phi) is 8.91. The number of hydrogen-bond donors (Lipinski definition) is 5. The summed E-state index contributed by atoms with van der Waals surface area (Å²) in [5.41, 5.74) is 5.30. The maximum atomic E-state index is 10.4. The van der Waals surface area contributed by atoms with Crippen molar-refractivity contribution in [3.05, 3.63) is 107 Å². The Morgan fingerprint density at radius 1 is 1.00 bits per heavy atom. The van der Waals surface area contributed by atoms with E-state index in [1.165, 1.54) is 17.8 Å². The minimum Gasteiger partial charge on any atom is -0.508 e. The third-order valence-electron chi connectivity index (χ3n) is 5.72. The highest BCUT2D eigenvalue weighted by atomic mass is 32.2. The molecular formula is C28H30N4O3S. The average Bonchev–Trinajstić information content (AvgIpc) is 3.07. The van der Waals surface area contributed by atoms with Crippen LogP contribution in [0.5, 0.6) is 0 Å². The number of benzene rings is 2. The first kappa shape index (κ1) is 25.7. The van der Waals surface area contributed by atoms with Crippen molar-refractivity contribution in [2.75, 3.05) is 18.5 Å². The molecule has 0 saturated heterocycles. The lowest BCUT2D eigenvalue weighted by Gasteiger charge is -2.15. The van der Waals surface area contributed by atoms with Crippen molar-refractivity contribution >= 4 is 23.1 Å². The van der Waals surface area contributed by atoms with Gasteiger partial charge in [-0.05, 0) is 91.2 Å². The van der Waals surface area contributed by atoms with Crippen LogP contribution in [0.2, 0.25) is 0 Å². The average molecular weight is 503 g/mol. The fourth-order valence-electron chi connectivity index (χ4n) is 3.65. The van der Waals surface area contributed by atoms with Crippen LogP contribution in [0.1, 0.15) is 17.7 Å². The van der Waals surface area contributed by atoms with Gasteiger partial charge < -0.3 is 20.6 Å². The molecule has 8 heteroatoms. The largest absolute Gasteiger partial charge is 0.508 e. The molecule has 4 rings (SSSR count). The fourth-order valence-corrected chi connectivity index (χ4v) is 4.43. The normalized spacial score (nSPS) is 14.4. The summed E-state index contributed by atoms with van der Waals surface area (Å²) >= 11 is 1.54. The first-order valence-corrected chi connectivity index (χ1v) is 12.6. The molecule has 0 amide bonds. The second-order valence-electron chi connectivity index (χ2n) is 8.42. The molecule has 186 valence electrons. The Labute approximate surface area is 215 Å². The Morgan fingerprint density at radius 2 is 1.72 bits per heavy atom. The zero-order valence-electron chi connectivity index (χ0n) is 20.1. The van der Waals surface area contributed by atoms with Gasteiger partial charge in [-0.3, -0.25) is 5.32 Å². The first-order chi connectivity index (χ1) is 17.5. The summed E-state index contributed by atoms with van der Waals surface area (Å²) in [6.07, 6.45) is 7.10. The van der Waals surface area contributed by atoms with Gasteiger partial charge in [0.25, 0.3) is 0 Å². The van der Waals surface area contributed by atoms with Gasteiger partial charge in [-0.1, -0.05) is 24.3 Å². The van der Waals surface area contributed by atoms with Gasteiger partial charge in [0, 0.05) is 40.3 Å². The predicted octanol–water partition coefficient (Wildman–Crippen LogP) is 4.82. The van der Waals surface area contributed by atoms with Crippen molar-refractivity contribution < 1.29 is 15.3 Å². The SMILES string of the molecule is Cc1ccnc(Sc2ccc(Nc3ccc(CCNC(O)C4=CC=C(O)C(CO)=CC4)cc3)cc2)n1. The number of nitrogens with one attached hydrogen (secondary N) is 2. The van der Waals surface area contributed by atoms with E-state index in [-0.39, 0.29) is 12.4 Å².